The minimum Gasteiger partial charge on any atom is -0.504 e. The number of rotatable bonds is 10. The van der Waals surface area contributed by atoms with Gasteiger partial charge in [-0.15, -0.1) is 0 Å². The first kappa shape index (κ1) is 26.0. The number of phenols is 1. The molecular formula is C23H30O11. The van der Waals surface area contributed by atoms with E-state index < -0.39 is 49.5 Å². The molecule has 0 aliphatic carbocycles. The van der Waals surface area contributed by atoms with E-state index >= 15 is 0 Å². The lowest BCUT2D eigenvalue weighted by Gasteiger charge is -2.40. The van der Waals surface area contributed by atoms with Crippen LogP contribution >= 0.6 is 0 Å². The van der Waals surface area contributed by atoms with E-state index in [2.05, 4.69) is 0 Å². The molecule has 1 aliphatic rings. The predicted octanol–water partition coefficient (Wildman–Crippen LogP) is -0.293. The molecule has 6 N–H and O–H groups in total. The second-order valence-corrected chi connectivity index (χ2v) is 7.71. The molecule has 1 aliphatic heterocycles. The van der Waals surface area contributed by atoms with Crippen LogP contribution < -0.4 is 14.2 Å². The van der Waals surface area contributed by atoms with Gasteiger partial charge in [0.15, 0.2) is 35.4 Å². The van der Waals surface area contributed by atoms with Crippen LogP contribution in [0.5, 0.6) is 23.0 Å². The Morgan fingerprint density at radius 2 is 1.59 bits per heavy atom. The number of phenolic OH excluding ortho intramolecular Hbond substituents is 1. The second-order valence-electron chi connectivity index (χ2n) is 7.71. The van der Waals surface area contributed by atoms with Crippen LogP contribution in [-0.2, 0) is 9.47 Å². The third kappa shape index (κ3) is 5.70. The Labute approximate surface area is 196 Å². The summed E-state index contributed by atoms with van der Waals surface area (Å²) >= 11 is 0. The molecule has 2 aromatic rings. The van der Waals surface area contributed by atoms with Crippen LogP contribution in [0.15, 0.2) is 42.5 Å². The number of aromatic hydroxyl groups is 1. The van der Waals surface area contributed by atoms with Crippen molar-refractivity contribution >= 4 is 0 Å². The summed E-state index contributed by atoms with van der Waals surface area (Å²) in [6, 6.07) is 11.0. The van der Waals surface area contributed by atoms with Crippen molar-refractivity contribution < 1.29 is 54.3 Å². The van der Waals surface area contributed by atoms with Gasteiger partial charge in [-0.05, 0) is 29.8 Å². The van der Waals surface area contributed by atoms with Gasteiger partial charge in [0.1, 0.15) is 30.5 Å². The minimum absolute atomic E-state index is 0.113. The van der Waals surface area contributed by atoms with Crippen molar-refractivity contribution in [3.05, 3.63) is 48.0 Å². The molecule has 0 saturated carbocycles. The highest BCUT2D eigenvalue weighted by molar-refractivity contribution is 5.43. The second kappa shape index (κ2) is 11.7. The first-order valence-electron chi connectivity index (χ1n) is 10.6. The Hall–Kier alpha value is -2.64. The van der Waals surface area contributed by atoms with Gasteiger partial charge in [0, 0.05) is 0 Å². The first-order chi connectivity index (χ1) is 16.3. The topological polar surface area (TPSA) is 168 Å². The van der Waals surface area contributed by atoms with Crippen molar-refractivity contribution in [1.82, 2.24) is 0 Å². The zero-order chi connectivity index (χ0) is 24.8. The number of benzene rings is 2. The summed E-state index contributed by atoms with van der Waals surface area (Å²) in [5.41, 5.74) is 0.340. The molecule has 188 valence electrons. The molecule has 7 atom stereocenters. The molecule has 34 heavy (non-hydrogen) atoms. The molecule has 1 heterocycles. The van der Waals surface area contributed by atoms with Crippen LogP contribution in [0.4, 0.5) is 0 Å². The molecule has 2 aromatic carbocycles. The molecule has 0 bridgehead atoms. The number of hydrogen-bond donors (Lipinski definition) is 6. The van der Waals surface area contributed by atoms with Crippen molar-refractivity contribution in [2.75, 3.05) is 27.4 Å². The van der Waals surface area contributed by atoms with Crippen molar-refractivity contribution in [2.45, 2.75) is 42.9 Å². The number of ether oxygens (including phenoxy) is 5. The smallest absolute Gasteiger partial charge is 0.186 e. The highest BCUT2D eigenvalue weighted by atomic mass is 16.7. The van der Waals surface area contributed by atoms with E-state index in [4.69, 9.17) is 23.7 Å². The van der Waals surface area contributed by atoms with E-state index in [0.29, 0.717) is 17.1 Å². The quantitative estimate of drug-likeness (QED) is 0.263. The van der Waals surface area contributed by atoms with Gasteiger partial charge in [-0.1, -0.05) is 18.2 Å². The number of aliphatic hydroxyl groups is 5. The highest BCUT2D eigenvalue weighted by Crippen LogP contribution is 2.34. The first-order valence-corrected chi connectivity index (χ1v) is 10.6. The standard InChI is InChI=1S/C23H30O11/c1-30-14-5-3-4-6-15(14)33-18(19(26)12-7-8-13(25)16(9-12)31-2)11-32-23-22(29)21(28)20(27)17(10-24)34-23/h3-9,17-29H,10-11H2,1-2H3/t17-,18+,19+,20-,21+,22-,23-/m1/s1. The molecule has 11 heteroatoms. The molecular weight excluding hydrogens is 452 g/mol. The van der Waals surface area contributed by atoms with Gasteiger partial charge in [-0.25, -0.2) is 0 Å². The van der Waals surface area contributed by atoms with Crippen LogP contribution in [0, 0.1) is 0 Å². The van der Waals surface area contributed by atoms with E-state index in [0.717, 1.165) is 0 Å². The lowest BCUT2D eigenvalue weighted by Crippen LogP contribution is -2.59. The van der Waals surface area contributed by atoms with Gasteiger partial charge >= 0.3 is 0 Å². The molecule has 0 radical (unpaired) electrons. The summed E-state index contributed by atoms with van der Waals surface area (Å²) in [5, 5.41) is 60.5. The summed E-state index contributed by atoms with van der Waals surface area (Å²) in [7, 11) is 2.83. The maximum Gasteiger partial charge on any atom is 0.186 e. The Kier molecular flexibility index (Phi) is 8.91. The van der Waals surface area contributed by atoms with Gasteiger partial charge in [0.05, 0.1) is 27.4 Å². The maximum absolute atomic E-state index is 11.1. The maximum atomic E-state index is 11.1. The van der Waals surface area contributed by atoms with Crippen molar-refractivity contribution in [2.24, 2.45) is 0 Å². The SMILES string of the molecule is COc1cc([C@H](O)[C@H](CO[C@@H]2O[C@H](CO)[C@@H](O)[C@H](O)[C@H]2O)Oc2ccccc2OC)ccc1O. The van der Waals surface area contributed by atoms with E-state index in [1.807, 2.05) is 0 Å². The summed E-state index contributed by atoms with van der Waals surface area (Å²) in [6.45, 7) is -0.951. The Morgan fingerprint density at radius 1 is 0.912 bits per heavy atom. The lowest BCUT2D eigenvalue weighted by atomic mass is 9.99. The van der Waals surface area contributed by atoms with Crippen LogP contribution in [0.1, 0.15) is 11.7 Å². The minimum atomic E-state index is -1.62. The zero-order valence-electron chi connectivity index (χ0n) is 18.7. The molecule has 1 fully saturated rings. The highest BCUT2D eigenvalue weighted by Gasteiger charge is 2.44. The van der Waals surface area contributed by atoms with Gasteiger partial charge in [0.25, 0.3) is 0 Å². The van der Waals surface area contributed by atoms with Crippen molar-refractivity contribution in [1.29, 1.82) is 0 Å². The van der Waals surface area contributed by atoms with Crippen molar-refractivity contribution in [3.63, 3.8) is 0 Å². The molecule has 0 unspecified atom stereocenters. The Bertz CT molecular complexity index is 922. The molecule has 1 saturated heterocycles. The van der Waals surface area contributed by atoms with Gasteiger partial charge in [-0.3, -0.25) is 0 Å². The molecule has 11 nitrogen and oxygen atoms in total. The summed E-state index contributed by atoms with van der Waals surface area (Å²) in [6.07, 6.45) is -9.71. The van der Waals surface area contributed by atoms with Crippen LogP contribution in [-0.4, -0.2) is 94.9 Å². The number of aliphatic hydroxyl groups excluding tert-OH is 5. The fourth-order valence-electron chi connectivity index (χ4n) is 3.56. The predicted molar refractivity (Wildman–Crippen MR) is 117 cm³/mol. The van der Waals surface area contributed by atoms with Crippen LogP contribution in [0.3, 0.4) is 0 Å². The van der Waals surface area contributed by atoms with E-state index in [1.165, 1.54) is 32.4 Å². The number of methoxy groups -OCH3 is 2. The fourth-order valence-corrected chi connectivity index (χ4v) is 3.56. The molecule has 0 amide bonds. The average molecular weight is 482 g/mol. The summed E-state index contributed by atoms with van der Waals surface area (Å²) in [4.78, 5) is 0. The Morgan fingerprint density at radius 3 is 2.24 bits per heavy atom. The zero-order valence-corrected chi connectivity index (χ0v) is 18.7. The normalized spacial score (nSPS) is 26.5. The number of hydrogen-bond acceptors (Lipinski definition) is 11. The van der Waals surface area contributed by atoms with Gasteiger partial charge in [0.2, 0.25) is 0 Å². The van der Waals surface area contributed by atoms with Gasteiger partial charge in [-0.2, -0.15) is 0 Å². The van der Waals surface area contributed by atoms with Crippen LogP contribution in [0.25, 0.3) is 0 Å². The molecule has 0 aromatic heterocycles. The third-order valence-corrected chi connectivity index (χ3v) is 5.52. The average Bonchev–Trinajstić information content (AvgIpc) is 2.86. The third-order valence-electron chi connectivity index (χ3n) is 5.52. The fraction of sp³-hybridized carbons (Fsp3) is 0.478. The lowest BCUT2D eigenvalue weighted by molar-refractivity contribution is -0.305. The molecule has 0 spiro atoms. The van der Waals surface area contributed by atoms with E-state index in [-0.39, 0.29) is 18.1 Å². The van der Waals surface area contributed by atoms with Gasteiger partial charge < -0.3 is 54.3 Å². The largest absolute Gasteiger partial charge is 0.504 e. The Balaban J connectivity index is 1.84. The van der Waals surface area contributed by atoms with Crippen molar-refractivity contribution in [3.8, 4) is 23.0 Å². The summed E-state index contributed by atoms with van der Waals surface area (Å²) < 4.78 is 27.4. The number of para-hydroxylation sites is 2. The molecule has 3 rings (SSSR count). The van der Waals surface area contributed by atoms with E-state index in [9.17, 15) is 30.6 Å². The van der Waals surface area contributed by atoms with Crippen LogP contribution in [0.2, 0.25) is 0 Å². The van der Waals surface area contributed by atoms with E-state index in [1.54, 1.807) is 24.3 Å². The summed E-state index contributed by atoms with van der Waals surface area (Å²) in [5.74, 6) is 0.730. The monoisotopic (exact) mass is 482 g/mol.